The lowest BCUT2D eigenvalue weighted by Gasteiger charge is -2.23. The quantitative estimate of drug-likeness (QED) is 0.232. The highest BCUT2D eigenvalue weighted by molar-refractivity contribution is 8.01. The minimum absolute atomic E-state index is 0.0310. The van der Waals surface area contributed by atoms with E-state index in [1.807, 2.05) is 18.2 Å². The Labute approximate surface area is 181 Å². The summed E-state index contributed by atoms with van der Waals surface area (Å²) in [7, 11) is 0. The lowest BCUT2D eigenvalue weighted by Crippen LogP contribution is -2.31. The molecule has 0 radical (unpaired) electrons. The van der Waals surface area contributed by atoms with Crippen LogP contribution in [0.4, 0.5) is 5.13 Å². The van der Waals surface area contributed by atoms with Gasteiger partial charge in [-0.25, -0.2) is 0 Å². The molecule has 0 aliphatic carbocycles. The van der Waals surface area contributed by atoms with Crippen molar-refractivity contribution in [3.63, 3.8) is 0 Å². The van der Waals surface area contributed by atoms with Crippen molar-refractivity contribution >= 4 is 39.9 Å². The van der Waals surface area contributed by atoms with E-state index in [4.69, 9.17) is 4.42 Å². The number of amides is 1. The van der Waals surface area contributed by atoms with E-state index in [-0.39, 0.29) is 11.3 Å². The second-order valence-electron chi connectivity index (χ2n) is 6.61. The van der Waals surface area contributed by atoms with Crippen LogP contribution >= 0.6 is 23.1 Å². The lowest BCUT2D eigenvalue weighted by molar-refractivity contribution is -0.117. The molecule has 2 aromatic heterocycles. The van der Waals surface area contributed by atoms with E-state index in [0.717, 1.165) is 22.9 Å². The van der Waals surface area contributed by atoms with Gasteiger partial charge in [-0.05, 0) is 24.1 Å². The Balaban J connectivity index is 1.74. The zero-order valence-corrected chi connectivity index (χ0v) is 17.8. The van der Waals surface area contributed by atoms with Crippen molar-refractivity contribution in [1.82, 2.24) is 10.2 Å². The van der Waals surface area contributed by atoms with Crippen molar-refractivity contribution < 1.29 is 19.1 Å². The average molecular weight is 442 g/mol. The van der Waals surface area contributed by atoms with Gasteiger partial charge in [0.25, 0.3) is 5.91 Å². The van der Waals surface area contributed by atoms with E-state index in [2.05, 4.69) is 17.1 Å². The molecule has 0 spiro atoms. The van der Waals surface area contributed by atoms with E-state index >= 15 is 0 Å². The number of furan rings is 1. The van der Waals surface area contributed by atoms with Crippen LogP contribution in [0.2, 0.25) is 0 Å². The van der Waals surface area contributed by atoms with E-state index in [0.29, 0.717) is 10.7 Å². The summed E-state index contributed by atoms with van der Waals surface area (Å²) >= 11 is 2.85. The molecule has 0 bridgehead atoms. The second-order valence-corrected chi connectivity index (χ2v) is 8.91. The maximum Gasteiger partial charge on any atom is 0.296 e. The van der Waals surface area contributed by atoms with Crippen LogP contribution in [0.1, 0.15) is 41.9 Å². The first-order chi connectivity index (χ1) is 14.6. The summed E-state index contributed by atoms with van der Waals surface area (Å²) in [5, 5.41) is 19.3. The molecule has 0 fully saturated rings. The molecule has 154 valence electrons. The Hall–Kier alpha value is -2.91. The fourth-order valence-electron chi connectivity index (χ4n) is 3.19. The number of anilines is 1. The number of aliphatic hydroxyl groups excluding tert-OH is 1. The van der Waals surface area contributed by atoms with Gasteiger partial charge in [0.05, 0.1) is 17.9 Å². The zero-order valence-electron chi connectivity index (χ0n) is 16.1. The number of rotatable bonds is 8. The standard InChI is InChI=1S/C21H19N3O4S2/c1-2-3-12-29-21-23-22-20(30-21)24-16(13-8-5-4-6-9-13)15(18(26)19(24)27)17(25)14-10-7-11-28-14/h4-11,16,26H,2-3,12H2,1H3. The van der Waals surface area contributed by atoms with Gasteiger partial charge >= 0.3 is 0 Å². The molecule has 3 heterocycles. The van der Waals surface area contributed by atoms with Gasteiger partial charge in [0, 0.05) is 5.75 Å². The molecular formula is C21H19N3O4S2. The van der Waals surface area contributed by atoms with Crippen molar-refractivity contribution in [2.24, 2.45) is 0 Å². The summed E-state index contributed by atoms with van der Waals surface area (Å²) in [6.45, 7) is 2.12. The van der Waals surface area contributed by atoms with Gasteiger partial charge < -0.3 is 9.52 Å². The molecule has 3 aromatic rings. The monoisotopic (exact) mass is 441 g/mol. The predicted octanol–water partition coefficient (Wildman–Crippen LogP) is 4.81. The van der Waals surface area contributed by atoms with Gasteiger partial charge in [-0.2, -0.15) is 0 Å². The average Bonchev–Trinajstić information content (AvgIpc) is 3.50. The summed E-state index contributed by atoms with van der Waals surface area (Å²) < 4.78 is 5.96. The fourth-order valence-corrected chi connectivity index (χ4v) is 5.21. The summed E-state index contributed by atoms with van der Waals surface area (Å²) in [5.74, 6) is -0.849. The maximum atomic E-state index is 13.1. The van der Waals surface area contributed by atoms with Gasteiger partial charge in [-0.3, -0.25) is 14.5 Å². The number of benzene rings is 1. The third-order valence-corrected chi connectivity index (χ3v) is 6.78. The van der Waals surface area contributed by atoms with Crippen LogP contribution in [0.25, 0.3) is 0 Å². The van der Waals surface area contributed by atoms with Crippen molar-refractivity contribution in [3.05, 3.63) is 71.4 Å². The van der Waals surface area contributed by atoms with Crippen LogP contribution in [0, 0.1) is 0 Å². The number of Topliss-reactive ketones (excluding diaryl/α,β-unsaturated/α-hetero) is 1. The highest BCUT2D eigenvalue weighted by atomic mass is 32.2. The SMILES string of the molecule is CCCCSc1nnc(N2C(=O)C(O)=C(C(=O)c3ccco3)C2c2ccccc2)s1. The summed E-state index contributed by atoms with van der Waals surface area (Å²) in [5.41, 5.74) is 0.650. The number of hydrogen-bond acceptors (Lipinski definition) is 8. The highest BCUT2D eigenvalue weighted by Gasteiger charge is 2.46. The third kappa shape index (κ3) is 3.78. The summed E-state index contributed by atoms with van der Waals surface area (Å²) in [4.78, 5) is 27.4. The lowest BCUT2D eigenvalue weighted by atomic mass is 9.95. The number of carbonyl (C=O) groups excluding carboxylic acids is 2. The van der Waals surface area contributed by atoms with Crippen LogP contribution < -0.4 is 4.90 Å². The largest absolute Gasteiger partial charge is 0.503 e. The smallest absolute Gasteiger partial charge is 0.296 e. The van der Waals surface area contributed by atoms with Crippen LogP contribution in [0.15, 0.2) is 68.8 Å². The number of aliphatic hydroxyl groups is 1. The van der Waals surface area contributed by atoms with Gasteiger partial charge in [0.2, 0.25) is 10.9 Å². The Morgan fingerprint density at radius 2 is 2.03 bits per heavy atom. The molecule has 1 N–H and O–H groups in total. The molecule has 9 heteroatoms. The van der Waals surface area contributed by atoms with Crippen LogP contribution in [-0.2, 0) is 4.79 Å². The molecule has 1 aliphatic rings. The van der Waals surface area contributed by atoms with E-state index in [1.165, 1.54) is 28.6 Å². The number of nitrogens with zero attached hydrogens (tertiary/aromatic N) is 3. The highest BCUT2D eigenvalue weighted by Crippen LogP contribution is 2.43. The van der Waals surface area contributed by atoms with Gasteiger partial charge in [-0.1, -0.05) is 66.8 Å². The number of ketones is 1. The van der Waals surface area contributed by atoms with Crippen molar-refractivity contribution in [1.29, 1.82) is 0 Å². The Bertz CT molecular complexity index is 1080. The van der Waals surface area contributed by atoms with Gasteiger partial charge in [-0.15, -0.1) is 10.2 Å². The molecule has 30 heavy (non-hydrogen) atoms. The number of aromatic nitrogens is 2. The minimum atomic E-state index is -0.822. The zero-order chi connectivity index (χ0) is 21.1. The first-order valence-electron chi connectivity index (χ1n) is 9.48. The summed E-state index contributed by atoms with van der Waals surface area (Å²) in [6.07, 6.45) is 3.51. The Morgan fingerprint density at radius 1 is 1.23 bits per heavy atom. The van der Waals surface area contributed by atoms with E-state index in [1.54, 1.807) is 30.0 Å². The van der Waals surface area contributed by atoms with Crippen LogP contribution in [0.5, 0.6) is 0 Å². The van der Waals surface area contributed by atoms with Crippen molar-refractivity contribution in [2.45, 2.75) is 30.1 Å². The molecule has 4 rings (SSSR count). The predicted molar refractivity (Wildman–Crippen MR) is 115 cm³/mol. The molecule has 1 aromatic carbocycles. The van der Waals surface area contributed by atoms with E-state index < -0.39 is 23.5 Å². The number of thioether (sulfide) groups is 1. The number of hydrogen-bond donors (Lipinski definition) is 1. The van der Waals surface area contributed by atoms with Gasteiger partial charge in [0.15, 0.2) is 15.9 Å². The third-order valence-electron chi connectivity index (χ3n) is 4.64. The van der Waals surface area contributed by atoms with Crippen molar-refractivity contribution in [3.8, 4) is 0 Å². The van der Waals surface area contributed by atoms with Crippen LogP contribution in [-0.4, -0.2) is 32.7 Å². The second kappa shape index (κ2) is 8.85. The molecule has 1 aliphatic heterocycles. The fraction of sp³-hybridized carbons (Fsp3) is 0.238. The molecule has 7 nitrogen and oxygen atoms in total. The molecule has 1 unspecified atom stereocenters. The molecule has 1 atom stereocenters. The normalized spacial score (nSPS) is 16.5. The Kier molecular flexibility index (Phi) is 6.01. The molecule has 1 amide bonds. The topological polar surface area (TPSA) is 96.5 Å². The van der Waals surface area contributed by atoms with Gasteiger partial charge in [0.1, 0.15) is 0 Å². The molecular weight excluding hydrogens is 422 g/mol. The Morgan fingerprint density at radius 3 is 2.73 bits per heavy atom. The molecule has 0 saturated carbocycles. The molecule has 0 saturated heterocycles. The van der Waals surface area contributed by atoms with E-state index in [9.17, 15) is 14.7 Å². The first-order valence-corrected chi connectivity index (χ1v) is 11.3. The number of unbranched alkanes of at least 4 members (excludes halogenated alkanes) is 1. The van der Waals surface area contributed by atoms with Crippen molar-refractivity contribution in [2.75, 3.05) is 10.7 Å². The van der Waals surface area contributed by atoms with Crippen LogP contribution in [0.3, 0.4) is 0 Å². The maximum absolute atomic E-state index is 13.1. The summed E-state index contributed by atoms with van der Waals surface area (Å²) in [6, 6.07) is 11.3. The minimum Gasteiger partial charge on any atom is -0.503 e. The number of carbonyl (C=O) groups is 2. The first kappa shape index (κ1) is 20.4.